The van der Waals surface area contributed by atoms with Crippen molar-refractivity contribution in [3.05, 3.63) is 30.5 Å². The molecule has 0 aliphatic carbocycles. The molecule has 0 aromatic carbocycles. The summed E-state index contributed by atoms with van der Waals surface area (Å²) in [4.78, 5) is 12.3. The molecule has 0 saturated heterocycles. The van der Waals surface area contributed by atoms with E-state index in [9.17, 15) is 0 Å². The highest BCUT2D eigenvalue weighted by molar-refractivity contribution is 7.99. The molecule has 2 rings (SSSR count). The summed E-state index contributed by atoms with van der Waals surface area (Å²) in [5.74, 6) is -0.0639. The van der Waals surface area contributed by atoms with Gasteiger partial charge in [0.25, 0.3) is 0 Å². The Morgan fingerprint density at radius 2 is 2.24 bits per heavy atom. The molecule has 2 aromatic rings. The van der Waals surface area contributed by atoms with Crippen LogP contribution in [0, 0.1) is 0 Å². The Bertz CT molecular complexity index is 535. The van der Waals surface area contributed by atoms with Gasteiger partial charge >= 0.3 is 0 Å². The van der Waals surface area contributed by atoms with E-state index in [-0.39, 0.29) is 5.84 Å². The highest BCUT2D eigenvalue weighted by Gasteiger charge is 2.06. The number of hydrogen-bond acceptors (Lipinski definition) is 6. The van der Waals surface area contributed by atoms with Crippen LogP contribution in [-0.2, 0) is 7.05 Å². The highest BCUT2D eigenvalue weighted by atomic mass is 32.2. The third kappa shape index (κ3) is 2.53. The molecule has 2 aromatic heterocycles. The predicted octanol–water partition coefficient (Wildman–Crippen LogP) is 0.456. The molecule has 2 heterocycles. The lowest BCUT2D eigenvalue weighted by atomic mass is 10.4. The van der Waals surface area contributed by atoms with Crippen molar-refractivity contribution in [2.24, 2.45) is 17.9 Å². The van der Waals surface area contributed by atoms with Crippen LogP contribution in [0.25, 0.3) is 0 Å². The Balaban J connectivity index is 2.17. The van der Waals surface area contributed by atoms with Crippen molar-refractivity contribution in [1.29, 1.82) is 0 Å². The third-order valence-corrected chi connectivity index (χ3v) is 2.97. The van der Waals surface area contributed by atoms with Gasteiger partial charge in [-0.25, -0.2) is 15.0 Å². The number of rotatable bonds is 3. The minimum atomic E-state index is -0.0639. The quantitative estimate of drug-likeness (QED) is 0.355. The number of nitrogens with zero attached hydrogens (tertiary/aromatic N) is 5. The molecular formula is C9H10N6OS. The second-order valence-electron chi connectivity index (χ2n) is 3.15. The van der Waals surface area contributed by atoms with Gasteiger partial charge in [-0.3, -0.25) is 0 Å². The van der Waals surface area contributed by atoms with Gasteiger partial charge in [0.05, 0.1) is 12.4 Å². The lowest BCUT2D eigenvalue weighted by Gasteiger charge is -2.01. The van der Waals surface area contributed by atoms with Crippen molar-refractivity contribution in [3.63, 3.8) is 0 Å². The number of amidine groups is 1. The average molecular weight is 250 g/mol. The molecule has 0 fully saturated rings. The minimum Gasteiger partial charge on any atom is -0.409 e. The number of nitrogens with two attached hydrogens (primary N) is 1. The van der Waals surface area contributed by atoms with Gasteiger partial charge in [-0.1, -0.05) is 5.16 Å². The lowest BCUT2D eigenvalue weighted by molar-refractivity contribution is 0.318. The van der Waals surface area contributed by atoms with Crippen molar-refractivity contribution in [2.75, 3.05) is 0 Å². The first-order chi connectivity index (χ1) is 8.20. The maximum Gasteiger partial charge on any atom is 0.190 e. The Hall–Kier alpha value is -2.09. The SMILES string of the molecule is Cn1ccnc1Sc1cnc(C(N)=NO)cn1. The van der Waals surface area contributed by atoms with Crippen LogP contribution in [0.15, 0.2) is 40.1 Å². The molecule has 0 radical (unpaired) electrons. The van der Waals surface area contributed by atoms with Crippen LogP contribution in [0.4, 0.5) is 0 Å². The zero-order valence-electron chi connectivity index (χ0n) is 8.98. The number of hydrogen-bond donors (Lipinski definition) is 2. The number of oxime groups is 1. The maximum absolute atomic E-state index is 8.48. The summed E-state index contributed by atoms with van der Waals surface area (Å²) in [5, 5.41) is 12.8. The predicted molar refractivity (Wildman–Crippen MR) is 61.9 cm³/mol. The molecule has 0 aliphatic heterocycles. The van der Waals surface area contributed by atoms with Gasteiger partial charge in [0.15, 0.2) is 11.0 Å². The molecule has 8 heteroatoms. The van der Waals surface area contributed by atoms with E-state index < -0.39 is 0 Å². The smallest absolute Gasteiger partial charge is 0.190 e. The number of aryl methyl sites for hydroxylation is 1. The van der Waals surface area contributed by atoms with Gasteiger partial charge in [-0.2, -0.15) is 0 Å². The van der Waals surface area contributed by atoms with Crippen molar-refractivity contribution in [1.82, 2.24) is 19.5 Å². The molecule has 0 spiro atoms. The zero-order chi connectivity index (χ0) is 12.3. The Morgan fingerprint density at radius 1 is 1.41 bits per heavy atom. The molecule has 3 N–H and O–H groups in total. The summed E-state index contributed by atoms with van der Waals surface area (Å²) in [5.41, 5.74) is 5.71. The van der Waals surface area contributed by atoms with E-state index in [4.69, 9.17) is 10.9 Å². The van der Waals surface area contributed by atoms with Crippen LogP contribution in [0.5, 0.6) is 0 Å². The monoisotopic (exact) mass is 250 g/mol. The minimum absolute atomic E-state index is 0.0639. The van der Waals surface area contributed by atoms with Crippen molar-refractivity contribution >= 4 is 17.6 Å². The molecule has 0 bridgehead atoms. The van der Waals surface area contributed by atoms with E-state index in [2.05, 4.69) is 20.1 Å². The number of imidazole rings is 1. The summed E-state index contributed by atoms with van der Waals surface area (Å²) >= 11 is 1.38. The van der Waals surface area contributed by atoms with Crippen molar-refractivity contribution < 1.29 is 5.21 Å². The van der Waals surface area contributed by atoms with Crippen molar-refractivity contribution in [3.8, 4) is 0 Å². The second kappa shape index (κ2) is 4.83. The average Bonchev–Trinajstić information content (AvgIpc) is 2.75. The molecule has 0 amide bonds. The van der Waals surface area contributed by atoms with Gasteiger partial charge in [-0.15, -0.1) is 0 Å². The molecule has 88 valence electrons. The molecule has 0 unspecified atom stereocenters. The van der Waals surface area contributed by atoms with E-state index in [0.29, 0.717) is 10.7 Å². The van der Waals surface area contributed by atoms with Crippen LogP contribution in [0.1, 0.15) is 5.69 Å². The van der Waals surface area contributed by atoms with Gasteiger partial charge < -0.3 is 15.5 Å². The summed E-state index contributed by atoms with van der Waals surface area (Å²) in [7, 11) is 1.90. The van der Waals surface area contributed by atoms with Crippen LogP contribution in [0.2, 0.25) is 0 Å². The first-order valence-corrected chi connectivity index (χ1v) is 5.47. The van der Waals surface area contributed by atoms with E-state index in [1.54, 1.807) is 12.4 Å². The maximum atomic E-state index is 8.48. The Labute approximate surface area is 101 Å². The fourth-order valence-corrected chi connectivity index (χ4v) is 1.81. The largest absolute Gasteiger partial charge is 0.409 e. The first kappa shape index (κ1) is 11.4. The topological polar surface area (TPSA) is 102 Å². The molecule has 7 nitrogen and oxygen atoms in total. The van der Waals surface area contributed by atoms with Gasteiger partial charge in [0.2, 0.25) is 0 Å². The van der Waals surface area contributed by atoms with Crippen LogP contribution in [-0.4, -0.2) is 30.6 Å². The summed E-state index contributed by atoms with van der Waals surface area (Å²) in [6, 6.07) is 0. The molecule has 0 saturated carbocycles. The lowest BCUT2D eigenvalue weighted by Crippen LogP contribution is -2.15. The fraction of sp³-hybridized carbons (Fsp3) is 0.111. The Kier molecular flexibility index (Phi) is 3.24. The highest BCUT2D eigenvalue weighted by Crippen LogP contribution is 2.22. The van der Waals surface area contributed by atoms with Crippen LogP contribution in [0.3, 0.4) is 0 Å². The van der Waals surface area contributed by atoms with Gasteiger partial charge in [-0.05, 0) is 11.8 Å². The summed E-state index contributed by atoms with van der Waals surface area (Å²) < 4.78 is 1.88. The van der Waals surface area contributed by atoms with E-state index in [1.807, 2.05) is 17.8 Å². The fourth-order valence-electron chi connectivity index (χ4n) is 1.10. The summed E-state index contributed by atoms with van der Waals surface area (Å²) in [6.45, 7) is 0. The van der Waals surface area contributed by atoms with Crippen LogP contribution >= 0.6 is 11.8 Å². The first-order valence-electron chi connectivity index (χ1n) is 4.66. The standard InChI is InChI=1S/C9H10N6OS/c1-15-3-2-11-9(15)17-7-5-12-6(4-13-7)8(10)14-16/h2-5,16H,1H3,(H2,10,14). The number of aromatic nitrogens is 4. The van der Waals surface area contributed by atoms with E-state index in [0.717, 1.165) is 5.16 Å². The molecule has 0 atom stereocenters. The normalized spacial score (nSPS) is 11.7. The summed E-state index contributed by atoms with van der Waals surface area (Å²) in [6.07, 6.45) is 6.55. The molecular weight excluding hydrogens is 240 g/mol. The molecule has 0 aliphatic rings. The second-order valence-corrected chi connectivity index (χ2v) is 4.14. The van der Waals surface area contributed by atoms with Gasteiger partial charge in [0.1, 0.15) is 10.7 Å². The zero-order valence-corrected chi connectivity index (χ0v) is 9.79. The van der Waals surface area contributed by atoms with Crippen molar-refractivity contribution in [2.45, 2.75) is 10.2 Å². The van der Waals surface area contributed by atoms with E-state index >= 15 is 0 Å². The van der Waals surface area contributed by atoms with E-state index in [1.165, 1.54) is 18.0 Å². The molecule has 17 heavy (non-hydrogen) atoms. The Morgan fingerprint density at radius 3 is 2.76 bits per heavy atom. The third-order valence-electron chi connectivity index (χ3n) is 1.97. The van der Waals surface area contributed by atoms with Crippen LogP contribution < -0.4 is 5.73 Å². The van der Waals surface area contributed by atoms with Gasteiger partial charge in [0, 0.05) is 19.4 Å².